The molecule has 1 aliphatic heterocycles. The third-order valence-electron chi connectivity index (χ3n) is 7.68. The number of carbonyl (C=O) groups excluding carboxylic acids is 2. The van der Waals surface area contributed by atoms with Crippen molar-refractivity contribution in [1.29, 1.82) is 0 Å². The highest BCUT2D eigenvalue weighted by molar-refractivity contribution is 7.89. The molecular weight excluding hydrogens is 612 g/mol. The maximum atomic E-state index is 14.0. The number of nitrogens with zero attached hydrogens (tertiary/aromatic N) is 4. The van der Waals surface area contributed by atoms with Crippen molar-refractivity contribution in [2.24, 2.45) is 5.41 Å². The Morgan fingerprint density at radius 1 is 1.09 bits per heavy atom. The van der Waals surface area contributed by atoms with Crippen molar-refractivity contribution in [2.75, 3.05) is 32.7 Å². The van der Waals surface area contributed by atoms with Crippen molar-refractivity contribution in [3.05, 3.63) is 52.8 Å². The van der Waals surface area contributed by atoms with Gasteiger partial charge in [-0.25, -0.2) is 13.2 Å². The van der Waals surface area contributed by atoms with E-state index in [-0.39, 0.29) is 44.0 Å². The smallest absolute Gasteiger partial charge is 0.410 e. The Kier molecular flexibility index (Phi) is 9.55. The van der Waals surface area contributed by atoms with Gasteiger partial charge in [0.15, 0.2) is 0 Å². The molecule has 4 rings (SSSR count). The molecule has 2 amide bonds. The summed E-state index contributed by atoms with van der Waals surface area (Å²) in [5.41, 5.74) is 0.0739. The van der Waals surface area contributed by atoms with Crippen molar-refractivity contribution in [3.63, 3.8) is 0 Å². The van der Waals surface area contributed by atoms with Gasteiger partial charge in [0.05, 0.1) is 44.1 Å². The molecule has 0 radical (unpaired) electrons. The van der Waals surface area contributed by atoms with Gasteiger partial charge in [-0.2, -0.15) is 17.6 Å². The summed E-state index contributed by atoms with van der Waals surface area (Å²) in [7, 11) is -6.24. The fourth-order valence-corrected chi connectivity index (χ4v) is 6.86. The zero-order valence-corrected chi connectivity index (χ0v) is 27.9. The first kappa shape index (κ1) is 33.9. The molecule has 1 aromatic heterocycles. The highest BCUT2D eigenvalue weighted by atomic mass is 32.2. The van der Waals surface area contributed by atoms with Crippen molar-refractivity contribution in [3.8, 4) is 0 Å². The number of aromatic nitrogens is 2. The van der Waals surface area contributed by atoms with Crippen LogP contribution in [0.3, 0.4) is 0 Å². The first-order valence-corrected chi connectivity index (χ1v) is 18.0. The summed E-state index contributed by atoms with van der Waals surface area (Å²) < 4.78 is 66.9. The Labute approximate surface area is 259 Å². The van der Waals surface area contributed by atoms with Gasteiger partial charge < -0.3 is 19.3 Å². The standard InChI is InChI=1S/C29H42N4O9S2/c1-20-13-24-23(16-32(20)27(35)42-28(2,3)4)25(33(30-24)43(6,36)37)26(34)31(5)18-29(19-41-44(7,38)39)14-22(15-29)40-17-21-11-9-8-10-12-21/h8-12,20,22H,13-19H2,1-7H3/t20-,22?,29?/m1/s1. The zero-order chi connectivity index (χ0) is 32.7. The summed E-state index contributed by atoms with van der Waals surface area (Å²) in [6.07, 6.45) is 2.25. The molecule has 0 bridgehead atoms. The average molecular weight is 655 g/mol. The van der Waals surface area contributed by atoms with Gasteiger partial charge in [0.25, 0.3) is 26.0 Å². The molecule has 1 saturated carbocycles. The number of hydrogen-bond acceptors (Lipinski definition) is 10. The van der Waals surface area contributed by atoms with Gasteiger partial charge in [0.1, 0.15) is 11.3 Å². The van der Waals surface area contributed by atoms with E-state index in [2.05, 4.69) is 5.10 Å². The van der Waals surface area contributed by atoms with Gasteiger partial charge in [-0.3, -0.25) is 8.98 Å². The molecule has 1 fully saturated rings. The van der Waals surface area contributed by atoms with E-state index in [9.17, 15) is 26.4 Å². The zero-order valence-electron chi connectivity index (χ0n) is 26.3. The van der Waals surface area contributed by atoms with Crippen molar-refractivity contribution >= 4 is 32.1 Å². The van der Waals surface area contributed by atoms with E-state index in [1.807, 2.05) is 30.3 Å². The van der Waals surface area contributed by atoms with Crippen LogP contribution < -0.4 is 0 Å². The summed E-state index contributed by atoms with van der Waals surface area (Å²) in [6, 6.07) is 9.29. The van der Waals surface area contributed by atoms with Gasteiger partial charge in [-0.1, -0.05) is 30.3 Å². The average Bonchev–Trinajstić information content (AvgIpc) is 3.26. The van der Waals surface area contributed by atoms with E-state index in [1.54, 1.807) is 27.7 Å². The van der Waals surface area contributed by atoms with Crippen LogP contribution in [0.5, 0.6) is 0 Å². The predicted molar refractivity (Wildman–Crippen MR) is 162 cm³/mol. The lowest BCUT2D eigenvalue weighted by molar-refractivity contribution is -0.110. The first-order chi connectivity index (χ1) is 20.3. The van der Waals surface area contributed by atoms with Crippen LogP contribution in [0.15, 0.2) is 30.3 Å². The van der Waals surface area contributed by atoms with E-state index in [0.717, 1.165) is 22.2 Å². The molecule has 0 N–H and O–H groups in total. The van der Waals surface area contributed by atoms with Gasteiger partial charge in [-0.15, -0.1) is 0 Å². The Bertz CT molecular complexity index is 1590. The highest BCUT2D eigenvalue weighted by Gasteiger charge is 2.48. The summed E-state index contributed by atoms with van der Waals surface area (Å²) in [5, 5.41) is 4.29. The topological polar surface area (TPSA) is 154 Å². The quantitative estimate of drug-likeness (QED) is 0.350. The lowest BCUT2D eigenvalue weighted by Gasteiger charge is -2.48. The van der Waals surface area contributed by atoms with Gasteiger partial charge >= 0.3 is 6.09 Å². The number of benzene rings is 1. The largest absolute Gasteiger partial charge is 0.444 e. The van der Waals surface area contributed by atoms with Crippen LogP contribution in [-0.2, 0) is 53.4 Å². The van der Waals surface area contributed by atoms with Crippen LogP contribution >= 0.6 is 0 Å². The van der Waals surface area contributed by atoms with E-state index in [1.165, 1.54) is 16.8 Å². The molecule has 2 heterocycles. The molecule has 1 aromatic carbocycles. The summed E-state index contributed by atoms with van der Waals surface area (Å²) >= 11 is 0. The molecule has 2 aliphatic rings. The summed E-state index contributed by atoms with van der Waals surface area (Å²) in [4.78, 5) is 29.8. The van der Waals surface area contributed by atoms with Crippen molar-refractivity contribution in [2.45, 2.75) is 77.9 Å². The molecule has 0 spiro atoms. The molecule has 0 saturated heterocycles. The minimum atomic E-state index is -4.00. The van der Waals surface area contributed by atoms with Crippen LogP contribution in [0.1, 0.15) is 67.8 Å². The van der Waals surface area contributed by atoms with Crippen molar-refractivity contribution in [1.82, 2.24) is 19.0 Å². The second kappa shape index (κ2) is 12.4. The number of carbonyl (C=O) groups is 2. The Hall–Kier alpha value is -3.01. The lowest BCUT2D eigenvalue weighted by Crippen LogP contribution is -2.53. The fraction of sp³-hybridized carbons (Fsp3) is 0.621. The van der Waals surface area contributed by atoms with Crippen LogP contribution in [-0.4, -0.2) is 98.3 Å². The number of amides is 2. The molecule has 15 heteroatoms. The Morgan fingerprint density at radius 3 is 2.30 bits per heavy atom. The molecule has 0 unspecified atom stereocenters. The molecule has 244 valence electrons. The molecular formula is C29H42N4O9S2. The van der Waals surface area contributed by atoms with E-state index >= 15 is 0 Å². The van der Waals surface area contributed by atoms with E-state index in [4.69, 9.17) is 13.7 Å². The van der Waals surface area contributed by atoms with Crippen molar-refractivity contribution < 1.29 is 40.1 Å². The molecule has 13 nitrogen and oxygen atoms in total. The maximum absolute atomic E-state index is 14.0. The SMILES string of the molecule is C[C@@H]1Cc2nn(S(C)(=O)=O)c(C(=O)N(C)CC3(COS(C)(=O)=O)CC(OCc4ccccc4)C3)c2CN1C(=O)OC(C)(C)C. The van der Waals surface area contributed by atoms with E-state index in [0.29, 0.717) is 30.7 Å². The number of fused-ring (bicyclic) bond motifs is 1. The monoisotopic (exact) mass is 654 g/mol. The van der Waals surface area contributed by atoms with Gasteiger partial charge in [0.2, 0.25) is 0 Å². The number of hydrogen-bond donors (Lipinski definition) is 0. The lowest BCUT2D eigenvalue weighted by atomic mass is 9.67. The summed E-state index contributed by atoms with van der Waals surface area (Å²) in [5.74, 6) is -0.629. The third kappa shape index (κ3) is 8.17. The number of rotatable bonds is 10. The third-order valence-corrected chi connectivity index (χ3v) is 9.12. The minimum absolute atomic E-state index is 0.0619. The number of ether oxygens (including phenoxy) is 2. The Morgan fingerprint density at radius 2 is 1.73 bits per heavy atom. The summed E-state index contributed by atoms with van der Waals surface area (Å²) in [6.45, 7) is 7.28. The predicted octanol–water partition coefficient (Wildman–Crippen LogP) is 2.79. The molecule has 2 aromatic rings. The maximum Gasteiger partial charge on any atom is 0.410 e. The second-order valence-electron chi connectivity index (χ2n) is 13.0. The van der Waals surface area contributed by atoms with Crippen LogP contribution in [0.25, 0.3) is 0 Å². The first-order valence-electron chi connectivity index (χ1n) is 14.3. The Balaban J connectivity index is 1.58. The van der Waals surface area contributed by atoms with E-state index < -0.39 is 43.2 Å². The normalized spacial score (nSPS) is 22.2. The van der Waals surface area contributed by atoms with Crippen LogP contribution in [0, 0.1) is 5.41 Å². The van der Waals surface area contributed by atoms with Crippen LogP contribution in [0.4, 0.5) is 4.79 Å². The molecule has 1 aliphatic carbocycles. The van der Waals surface area contributed by atoms with Gasteiger partial charge in [0, 0.05) is 37.0 Å². The fourth-order valence-electron chi connectivity index (χ4n) is 5.63. The van der Waals surface area contributed by atoms with Crippen LogP contribution in [0.2, 0.25) is 0 Å². The van der Waals surface area contributed by atoms with Gasteiger partial charge in [-0.05, 0) is 46.1 Å². The minimum Gasteiger partial charge on any atom is -0.444 e. The highest BCUT2D eigenvalue weighted by Crippen LogP contribution is 2.44. The second-order valence-corrected chi connectivity index (χ2v) is 16.5. The molecule has 1 atom stereocenters. The molecule has 44 heavy (non-hydrogen) atoms.